The molecule has 0 saturated heterocycles. The van der Waals surface area contributed by atoms with Crippen LogP contribution in [0.5, 0.6) is 0 Å². The Morgan fingerprint density at radius 3 is 1.58 bits per heavy atom. The van der Waals surface area contributed by atoms with Crippen molar-refractivity contribution in [2.75, 3.05) is 0 Å². The minimum Gasteiger partial charge on any atom is -0.386 e. The SMILES string of the molecule is Cc1c(C)[n+](C(C)C)c(B2N(C(C)(C)C)C=CN2C(C)(C)C)n1C(C)C. The minimum atomic E-state index is 0.0455. The molecular formula is C21H40BN4+. The Labute approximate surface area is 162 Å². The molecule has 0 aromatic carbocycles. The first kappa shape index (κ1) is 20.9. The molecule has 0 saturated carbocycles. The van der Waals surface area contributed by atoms with Crippen LogP contribution in [-0.2, 0) is 0 Å². The van der Waals surface area contributed by atoms with Gasteiger partial charge in [-0.3, -0.25) is 0 Å². The van der Waals surface area contributed by atoms with Crippen molar-refractivity contribution in [3.8, 4) is 0 Å². The van der Waals surface area contributed by atoms with E-state index in [2.05, 4.69) is 114 Å². The summed E-state index contributed by atoms with van der Waals surface area (Å²) in [5.74, 6) is 0. The molecule has 0 amide bonds. The topological polar surface area (TPSA) is 15.3 Å². The van der Waals surface area contributed by atoms with E-state index in [1.807, 2.05) is 0 Å². The maximum absolute atomic E-state index is 2.55. The molecule has 0 atom stereocenters. The number of hydrogen-bond donors (Lipinski definition) is 0. The lowest BCUT2D eigenvalue weighted by atomic mass is 9.66. The molecule has 4 nitrogen and oxygen atoms in total. The second kappa shape index (κ2) is 6.65. The first-order valence-corrected chi connectivity index (χ1v) is 10.1. The maximum atomic E-state index is 2.55. The summed E-state index contributed by atoms with van der Waals surface area (Å²) in [5, 5.41) is 0. The zero-order chi connectivity index (χ0) is 20.2. The van der Waals surface area contributed by atoms with Crippen LogP contribution in [0.3, 0.4) is 0 Å². The van der Waals surface area contributed by atoms with Crippen LogP contribution in [-0.4, -0.2) is 32.2 Å². The largest absolute Gasteiger partial charge is 0.511 e. The molecule has 0 aliphatic carbocycles. The van der Waals surface area contributed by atoms with Gasteiger partial charge in [-0.1, -0.05) is 0 Å². The second-order valence-corrected chi connectivity index (χ2v) is 10.3. The average Bonchev–Trinajstić information content (AvgIpc) is 2.98. The molecule has 1 aliphatic rings. The van der Waals surface area contributed by atoms with E-state index in [0.29, 0.717) is 12.1 Å². The summed E-state index contributed by atoms with van der Waals surface area (Å²) in [6.07, 6.45) is 4.56. The Kier molecular flexibility index (Phi) is 5.35. The lowest BCUT2D eigenvalue weighted by molar-refractivity contribution is -0.705. The van der Waals surface area contributed by atoms with Crippen molar-refractivity contribution < 1.29 is 4.57 Å². The van der Waals surface area contributed by atoms with Gasteiger partial charge in [0.15, 0.2) is 0 Å². The van der Waals surface area contributed by atoms with E-state index in [9.17, 15) is 0 Å². The fourth-order valence-corrected chi connectivity index (χ4v) is 4.23. The monoisotopic (exact) mass is 359 g/mol. The molecule has 0 fully saturated rings. The smallest absolute Gasteiger partial charge is 0.386 e. The van der Waals surface area contributed by atoms with Crippen LogP contribution >= 0.6 is 0 Å². The summed E-state index contributed by atoms with van der Waals surface area (Å²) < 4.78 is 5.09. The summed E-state index contributed by atoms with van der Waals surface area (Å²) in [6, 6.07) is 0.848. The molecule has 2 rings (SSSR count). The summed E-state index contributed by atoms with van der Waals surface area (Å²) in [7, 11) is 0. The van der Waals surface area contributed by atoms with Gasteiger partial charge in [-0.25, -0.2) is 9.13 Å². The third kappa shape index (κ3) is 3.42. The number of nitrogens with zero attached hydrogens (tertiary/aromatic N) is 4. The van der Waals surface area contributed by atoms with Crippen molar-refractivity contribution in [3.63, 3.8) is 0 Å². The summed E-state index contributed by atoms with van der Waals surface area (Å²) in [5.41, 5.74) is 4.23. The van der Waals surface area contributed by atoms with Crippen molar-refractivity contribution in [1.82, 2.24) is 14.2 Å². The molecule has 2 heterocycles. The van der Waals surface area contributed by atoms with E-state index >= 15 is 0 Å². The van der Waals surface area contributed by atoms with Gasteiger partial charge in [0, 0.05) is 37.3 Å². The van der Waals surface area contributed by atoms with Crippen LogP contribution in [0.2, 0.25) is 0 Å². The van der Waals surface area contributed by atoms with Crippen LogP contribution < -0.4 is 10.3 Å². The zero-order valence-electron chi connectivity index (χ0n) is 19.2. The van der Waals surface area contributed by atoms with E-state index in [1.54, 1.807) is 0 Å². The Bertz CT molecular complexity index is 631. The highest BCUT2D eigenvalue weighted by Gasteiger charge is 2.52. The predicted molar refractivity (Wildman–Crippen MR) is 113 cm³/mol. The molecule has 1 aromatic heterocycles. The second-order valence-electron chi connectivity index (χ2n) is 10.3. The van der Waals surface area contributed by atoms with E-state index in [-0.39, 0.29) is 18.1 Å². The van der Waals surface area contributed by atoms with Gasteiger partial charge in [-0.05, 0) is 69.2 Å². The highest BCUT2D eigenvalue weighted by molar-refractivity contribution is 6.67. The van der Waals surface area contributed by atoms with Crippen molar-refractivity contribution in [2.45, 2.75) is 106 Å². The molecule has 26 heavy (non-hydrogen) atoms. The highest BCUT2D eigenvalue weighted by atomic mass is 15.3. The van der Waals surface area contributed by atoms with Gasteiger partial charge in [-0.2, -0.15) is 0 Å². The fraction of sp³-hybridized carbons (Fsp3) is 0.762. The quantitative estimate of drug-likeness (QED) is 0.600. The first-order chi connectivity index (χ1) is 11.7. The van der Waals surface area contributed by atoms with E-state index in [4.69, 9.17) is 0 Å². The molecule has 0 unspecified atom stereocenters. The van der Waals surface area contributed by atoms with Crippen molar-refractivity contribution in [3.05, 3.63) is 23.8 Å². The Morgan fingerprint density at radius 2 is 1.27 bits per heavy atom. The van der Waals surface area contributed by atoms with Crippen LogP contribution in [0.1, 0.15) is 92.7 Å². The molecule has 0 radical (unpaired) electrons. The zero-order valence-corrected chi connectivity index (χ0v) is 19.2. The van der Waals surface area contributed by atoms with Crippen LogP contribution in [0.25, 0.3) is 0 Å². The number of hydrogen-bond acceptors (Lipinski definition) is 2. The molecule has 1 aliphatic heterocycles. The van der Waals surface area contributed by atoms with Crippen molar-refractivity contribution in [2.24, 2.45) is 0 Å². The summed E-state index contributed by atoms with van der Waals surface area (Å²) in [6.45, 7) is 27.7. The van der Waals surface area contributed by atoms with Gasteiger partial charge in [0.05, 0.1) is 12.1 Å². The van der Waals surface area contributed by atoms with Crippen LogP contribution in [0, 0.1) is 13.8 Å². The lowest BCUT2D eigenvalue weighted by Crippen LogP contribution is -2.72. The molecule has 0 N–H and O–H groups in total. The Balaban J connectivity index is 2.82. The molecular weight excluding hydrogens is 319 g/mol. The third-order valence-electron chi connectivity index (χ3n) is 5.47. The van der Waals surface area contributed by atoms with Crippen molar-refractivity contribution in [1.29, 1.82) is 0 Å². The van der Waals surface area contributed by atoms with Gasteiger partial charge in [-0.15, -0.1) is 0 Å². The summed E-state index contributed by atoms with van der Waals surface area (Å²) in [4.78, 5) is 5.04. The van der Waals surface area contributed by atoms with Gasteiger partial charge < -0.3 is 9.62 Å². The fourth-order valence-electron chi connectivity index (χ4n) is 4.23. The Morgan fingerprint density at radius 1 is 0.846 bits per heavy atom. The molecule has 1 aromatic rings. The van der Waals surface area contributed by atoms with Crippen LogP contribution in [0.15, 0.2) is 12.4 Å². The molecule has 5 heteroatoms. The van der Waals surface area contributed by atoms with Gasteiger partial charge in [0.25, 0.3) is 5.72 Å². The van der Waals surface area contributed by atoms with Gasteiger partial charge >= 0.3 is 6.98 Å². The minimum absolute atomic E-state index is 0.0455. The highest BCUT2D eigenvalue weighted by Crippen LogP contribution is 2.29. The van der Waals surface area contributed by atoms with Gasteiger partial charge in [0.1, 0.15) is 11.4 Å². The number of aromatic nitrogens is 2. The van der Waals surface area contributed by atoms with E-state index in [0.717, 1.165) is 0 Å². The average molecular weight is 359 g/mol. The van der Waals surface area contributed by atoms with E-state index in [1.165, 1.54) is 17.1 Å². The predicted octanol–water partition coefficient (Wildman–Crippen LogP) is 3.94. The summed E-state index contributed by atoms with van der Waals surface area (Å²) >= 11 is 0. The molecule has 146 valence electrons. The standard InChI is InChI=1S/C21H40BN4/c1-15(2)25-17(5)18(6)26(16(3)4)19(25)22-23(20(7,8)9)13-14-24(22)21(10,11)12/h13-16H,1-12H3/q+1. The molecule has 0 spiro atoms. The molecule has 0 bridgehead atoms. The number of rotatable bonds is 3. The van der Waals surface area contributed by atoms with E-state index < -0.39 is 0 Å². The first-order valence-electron chi connectivity index (χ1n) is 10.1. The maximum Gasteiger partial charge on any atom is 0.511 e. The van der Waals surface area contributed by atoms with Gasteiger partial charge in [0.2, 0.25) is 0 Å². The Hall–Kier alpha value is -1.39. The third-order valence-corrected chi connectivity index (χ3v) is 5.47. The normalized spacial score (nSPS) is 16.0. The lowest BCUT2D eigenvalue weighted by Gasteiger charge is -2.41. The van der Waals surface area contributed by atoms with Crippen LogP contribution in [0.4, 0.5) is 0 Å². The number of imidazole rings is 1. The van der Waals surface area contributed by atoms with Crippen molar-refractivity contribution >= 4 is 12.7 Å².